The summed E-state index contributed by atoms with van der Waals surface area (Å²) in [5.41, 5.74) is 7.61. The molecule has 0 saturated carbocycles. The Morgan fingerprint density at radius 1 is 1.00 bits per heavy atom. The molecular weight excluding hydrogens is 386 g/mol. The summed E-state index contributed by atoms with van der Waals surface area (Å²) >= 11 is 0. The van der Waals surface area contributed by atoms with Gasteiger partial charge in [-0.1, -0.05) is 60.7 Å². The highest BCUT2D eigenvalue weighted by Gasteiger charge is 2.28. The summed E-state index contributed by atoms with van der Waals surface area (Å²) in [4.78, 5) is 12.2. The van der Waals surface area contributed by atoms with Crippen molar-refractivity contribution in [1.29, 1.82) is 0 Å². The molecule has 3 aromatic carbocycles. The Morgan fingerprint density at radius 2 is 1.58 bits per heavy atom. The van der Waals surface area contributed by atoms with Gasteiger partial charge in [-0.15, -0.1) is 0 Å². The first-order chi connectivity index (χ1) is 15.0. The molecule has 1 aliphatic carbocycles. The molecule has 4 nitrogen and oxygen atoms in total. The first kappa shape index (κ1) is 20.7. The van der Waals surface area contributed by atoms with Gasteiger partial charge in [0, 0.05) is 12.5 Å². The number of aryl methyl sites for hydroxylation is 2. The molecule has 0 spiro atoms. The summed E-state index contributed by atoms with van der Waals surface area (Å²) in [6.07, 6.45) is 4.31. The number of carbonyl (C=O) groups excluding carboxylic acids is 1. The lowest BCUT2D eigenvalue weighted by atomic mass is 9.98. The van der Waals surface area contributed by atoms with E-state index in [1.54, 1.807) is 0 Å². The molecule has 0 atom stereocenters. The van der Waals surface area contributed by atoms with Crippen molar-refractivity contribution in [2.24, 2.45) is 0 Å². The van der Waals surface area contributed by atoms with Crippen molar-refractivity contribution in [2.45, 2.75) is 26.2 Å². The maximum Gasteiger partial charge on any atom is 0.407 e. The number of phenolic OH excluding ortho intramolecular Hbond substituents is 1. The van der Waals surface area contributed by atoms with Gasteiger partial charge in [-0.25, -0.2) is 4.79 Å². The molecule has 31 heavy (non-hydrogen) atoms. The third-order valence-corrected chi connectivity index (χ3v) is 5.75. The van der Waals surface area contributed by atoms with Crippen molar-refractivity contribution in [1.82, 2.24) is 5.32 Å². The molecule has 1 amide bonds. The van der Waals surface area contributed by atoms with Crippen LogP contribution in [0.1, 0.15) is 40.2 Å². The van der Waals surface area contributed by atoms with E-state index >= 15 is 0 Å². The van der Waals surface area contributed by atoms with E-state index < -0.39 is 6.09 Å². The van der Waals surface area contributed by atoms with Gasteiger partial charge in [-0.2, -0.15) is 0 Å². The van der Waals surface area contributed by atoms with Gasteiger partial charge >= 0.3 is 6.09 Å². The molecule has 2 N–H and O–H groups in total. The SMILES string of the molecule is Cc1cc(C=CCCNC(=O)OCC2c3ccccc3-c3ccccc32)cc(C)c1O. The lowest BCUT2D eigenvalue weighted by molar-refractivity contribution is 0.143. The minimum Gasteiger partial charge on any atom is -0.507 e. The van der Waals surface area contributed by atoms with E-state index in [2.05, 4.69) is 29.6 Å². The van der Waals surface area contributed by atoms with Crippen LogP contribution in [0.5, 0.6) is 5.75 Å². The molecular formula is C27H27NO3. The second-order valence-electron chi connectivity index (χ2n) is 7.95. The third kappa shape index (κ3) is 4.48. The van der Waals surface area contributed by atoms with Crippen LogP contribution in [0.15, 0.2) is 66.7 Å². The minimum atomic E-state index is -0.397. The van der Waals surface area contributed by atoms with E-state index in [4.69, 9.17) is 4.74 Å². The second-order valence-corrected chi connectivity index (χ2v) is 7.95. The van der Waals surface area contributed by atoms with Gasteiger partial charge in [0.05, 0.1) is 0 Å². The Morgan fingerprint density at radius 3 is 2.19 bits per heavy atom. The second kappa shape index (κ2) is 9.09. The minimum absolute atomic E-state index is 0.0685. The predicted octanol–water partition coefficient (Wildman–Crippen LogP) is 5.95. The molecule has 4 rings (SSSR count). The van der Waals surface area contributed by atoms with Gasteiger partial charge in [0.15, 0.2) is 0 Å². The molecule has 0 radical (unpaired) electrons. The molecule has 0 fully saturated rings. The fraction of sp³-hybridized carbons (Fsp3) is 0.222. The van der Waals surface area contributed by atoms with Crippen LogP contribution in [0.25, 0.3) is 17.2 Å². The number of benzene rings is 3. The van der Waals surface area contributed by atoms with Crippen LogP contribution in [0.4, 0.5) is 4.79 Å². The number of amides is 1. The highest BCUT2D eigenvalue weighted by Crippen LogP contribution is 2.44. The van der Waals surface area contributed by atoms with E-state index in [1.807, 2.05) is 62.4 Å². The Bertz CT molecular complexity index is 1060. The van der Waals surface area contributed by atoms with E-state index in [9.17, 15) is 9.90 Å². The topological polar surface area (TPSA) is 58.6 Å². The highest BCUT2D eigenvalue weighted by atomic mass is 16.5. The molecule has 0 heterocycles. The first-order valence-corrected chi connectivity index (χ1v) is 10.6. The zero-order valence-corrected chi connectivity index (χ0v) is 17.9. The number of ether oxygens (including phenoxy) is 1. The normalized spacial score (nSPS) is 12.6. The Hall–Kier alpha value is -3.53. The summed E-state index contributed by atoms with van der Waals surface area (Å²) in [6, 6.07) is 20.5. The quantitative estimate of drug-likeness (QED) is 0.491. The van der Waals surface area contributed by atoms with Gasteiger partial charge < -0.3 is 15.2 Å². The smallest absolute Gasteiger partial charge is 0.407 e. The number of hydrogen-bond acceptors (Lipinski definition) is 3. The number of fused-ring (bicyclic) bond motifs is 3. The molecule has 1 aliphatic rings. The van der Waals surface area contributed by atoms with Crippen molar-refractivity contribution in [3.05, 3.63) is 94.6 Å². The molecule has 0 bridgehead atoms. The van der Waals surface area contributed by atoms with Crippen LogP contribution in [0.2, 0.25) is 0 Å². The van der Waals surface area contributed by atoms with Crippen molar-refractivity contribution < 1.29 is 14.6 Å². The molecule has 3 aromatic rings. The lowest BCUT2D eigenvalue weighted by Crippen LogP contribution is -2.26. The summed E-state index contributed by atoms with van der Waals surface area (Å²) in [6.45, 7) is 4.60. The van der Waals surface area contributed by atoms with E-state index in [1.165, 1.54) is 22.3 Å². The van der Waals surface area contributed by atoms with Crippen molar-refractivity contribution in [3.63, 3.8) is 0 Å². The van der Waals surface area contributed by atoms with Crippen LogP contribution in [0, 0.1) is 13.8 Å². The van der Waals surface area contributed by atoms with Gasteiger partial charge in [0.25, 0.3) is 0 Å². The standard InChI is InChI=1S/C27H27NO3/c1-18-15-20(16-19(2)26(18)29)9-7-8-14-28-27(30)31-17-25-23-12-5-3-10-21(23)22-11-4-6-13-24(22)25/h3-7,9-13,15-16,25,29H,8,14,17H2,1-2H3,(H,28,30). The average Bonchev–Trinajstić information content (AvgIpc) is 3.09. The Balaban J connectivity index is 1.28. The number of alkyl carbamates (subject to hydrolysis) is 1. The van der Waals surface area contributed by atoms with Gasteiger partial charge in [0.1, 0.15) is 12.4 Å². The van der Waals surface area contributed by atoms with E-state index in [-0.39, 0.29) is 5.92 Å². The molecule has 158 valence electrons. The van der Waals surface area contributed by atoms with Gasteiger partial charge in [-0.05, 0) is 71.3 Å². The van der Waals surface area contributed by atoms with Crippen LogP contribution in [-0.2, 0) is 4.74 Å². The van der Waals surface area contributed by atoms with E-state index in [0.29, 0.717) is 25.3 Å². The average molecular weight is 414 g/mol. The van der Waals surface area contributed by atoms with Crippen molar-refractivity contribution in [3.8, 4) is 16.9 Å². The zero-order valence-electron chi connectivity index (χ0n) is 17.9. The van der Waals surface area contributed by atoms with Crippen LogP contribution >= 0.6 is 0 Å². The first-order valence-electron chi connectivity index (χ1n) is 10.6. The van der Waals surface area contributed by atoms with Crippen LogP contribution in [0.3, 0.4) is 0 Å². The largest absolute Gasteiger partial charge is 0.507 e. The number of nitrogens with one attached hydrogen (secondary N) is 1. The fourth-order valence-corrected chi connectivity index (χ4v) is 4.21. The zero-order chi connectivity index (χ0) is 21.8. The van der Waals surface area contributed by atoms with E-state index in [0.717, 1.165) is 16.7 Å². The van der Waals surface area contributed by atoms with Gasteiger partial charge in [-0.3, -0.25) is 0 Å². The predicted molar refractivity (Wildman–Crippen MR) is 124 cm³/mol. The number of aromatic hydroxyl groups is 1. The Kier molecular flexibility index (Phi) is 6.08. The maximum atomic E-state index is 12.2. The number of phenols is 1. The molecule has 0 saturated heterocycles. The van der Waals surface area contributed by atoms with Crippen LogP contribution < -0.4 is 5.32 Å². The number of carbonyl (C=O) groups is 1. The fourth-order valence-electron chi connectivity index (χ4n) is 4.21. The van der Waals surface area contributed by atoms with Crippen LogP contribution in [-0.4, -0.2) is 24.4 Å². The van der Waals surface area contributed by atoms with Crippen molar-refractivity contribution in [2.75, 3.05) is 13.2 Å². The third-order valence-electron chi connectivity index (χ3n) is 5.75. The molecule has 0 aromatic heterocycles. The monoisotopic (exact) mass is 413 g/mol. The molecule has 0 aliphatic heterocycles. The molecule has 4 heteroatoms. The summed E-state index contributed by atoms with van der Waals surface area (Å²) in [5.74, 6) is 0.410. The highest BCUT2D eigenvalue weighted by molar-refractivity contribution is 5.79. The molecule has 0 unspecified atom stereocenters. The summed E-state index contributed by atoms with van der Waals surface area (Å²) < 4.78 is 5.55. The lowest BCUT2D eigenvalue weighted by Gasteiger charge is -2.14. The number of rotatable bonds is 6. The van der Waals surface area contributed by atoms with Crippen molar-refractivity contribution >= 4 is 12.2 Å². The maximum absolute atomic E-state index is 12.2. The number of hydrogen-bond donors (Lipinski definition) is 2. The summed E-state index contributed by atoms with van der Waals surface area (Å²) in [5, 5.41) is 12.7. The Labute approximate surface area is 183 Å². The summed E-state index contributed by atoms with van der Waals surface area (Å²) in [7, 11) is 0. The van der Waals surface area contributed by atoms with Gasteiger partial charge in [0.2, 0.25) is 0 Å².